The standard InChI is InChI=1S/C16H11ClF6NO6P.C2H6/c1-28-30-31(26,27)29-13-3-2-10(17)7-12(13)14(25)24-11-5-8(15(18,19)20)4-9(6-11)16(21,22)23;1-2/h2-7H,1H3,(H,24,25)(H,26,27);1-2H3. The molecule has 1 atom stereocenters. The quantitative estimate of drug-likeness (QED) is 0.189. The average Bonchev–Trinajstić information content (AvgIpc) is 2.69. The molecule has 0 aliphatic rings. The van der Waals surface area contributed by atoms with Gasteiger partial charge >= 0.3 is 20.2 Å². The van der Waals surface area contributed by atoms with Crippen LogP contribution in [0.25, 0.3) is 0 Å². The Kier molecular flexibility index (Phi) is 9.76. The van der Waals surface area contributed by atoms with Crippen LogP contribution in [0.3, 0.4) is 0 Å². The molecule has 2 aromatic carbocycles. The Morgan fingerprint density at radius 2 is 1.52 bits per heavy atom. The first-order valence-corrected chi connectivity index (χ1v) is 10.6. The maximum Gasteiger partial charge on any atom is 0.555 e. The van der Waals surface area contributed by atoms with Crippen LogP contribution < -0.4 is 9.84 Å². The molecule has 0 saturated carbocycles. The van der Waals surface area contributed by atoms with Crippen molar-refractivity contribution in [2.45, 2.75) is 26.2 Å². The summed E-state index contributed by atoms with van der Waals surface area (Å²) >= 11 is 5.75. The Bertz CT molecular complexity index is 998. The maximum absolute atomic E-state index is 13.0. The summed E-state index contributed by atoms with van der Waals surface area (Å²) in [7, 11) is -4.00. The summed E-state index contributed by atoms with van der Waals surface area (Å²) in [4.78, 5) is 26.0. The number of nitrogens with one attached hydrogen (secondary N) is 1. The van der Waals surface area contributed by atoms with E-state index in [9.17, 15) is 40.6 Å². The van der Waals surface area contributed by atoms with Gasteiger partial charge in [-0.05, 0) is 36.4 Å². The fraction of sp³-hybridized carbons (Fsp3) is 0.278. The number of phosphoric ester groups is 1. The van der Waals surface area contributed by atoms with E-state index < -0.39 is 54.2 Å². The second-order valence-electron chi connectivity index (χ2n) is 5.69. The van der Waals surface area contributed by atoms with Crippen LogP contribution in [0.1, 0.15) is 35.3 Å². The summed E-state index contributed by atoms with van der Waals surface area (Å²) in [6, 6.07) is 3.43. The second kappa shape index (κ2) is 11.2. The van der Waals surface area contributed by atoms with Crippen LogP contribution >= 0.6 is 19.4 Å². The minimum absolute atomic E-state index is 0.0991. The molecule has 0 saturated heterocycles. The molecule has 0 spiro atoms. The van der Waals surface area contributed by atoms with Gasteiger partial charge in [-0.2, -0.15) is 26.3 Å². The van der Waals surface area contributed by atoms with Crippen LogP contribution in [-0.4, -0.2) is 17.9 Å². The van der Waals surface area contributed by atoms with Gasteiger partial charge < -0.3 is 9.84 Å². The van der Waals surface area contributed by atoms with Crippen LogP contribution in [0, 0.1) is 0 Å². The van der Waals surface area contributed by atoms with Gasteiger partial charge in [0.1, 0.15) is 5.75 Å². The molecule has 15 heteroatoms. The van der Waals surface area contributed by atoms with Crippen molar-refractivity contribution in [1.29, 1.82) is 0 Å². The van der Waals surface area contributed by atoms with Gasteiger partial charge in [0.15, 0.2) is 0 Å². The molecule has 0 radical (unpaired) electrons. The zero-order valence-electron chi connectivity index (χ0n) is 17.0. The minimum Gasteiger partial charge on any atom is -0.402 e. The van der Waals surface area contributed by atoms with E-state index in [1.165, 1.54) is 0 Å². The zero-order valence-corrected chi connectivity index (χ0v) is 18.7. The minimum atomic E-state index is -5.13. The first kappa shape index (κ1) is 28.7. The monoisotopic (exact) mass is 523 g/mol. The Balaban J connectivity index is 0.00000265. The first-order chi connectivity index (χ1) is 15.1. The van der Waals surface area contributed by atoms with E-state index in [4.69, 9.17) is 11.6 Å². The number of benzene rings is 2. The van der Waals surface area contributed by atoms with Crippen molar-refractivity contribution in [3.63, 3.8) is 0 Å². The van der Waals surface area contributed by atoms with Gasteiger partial charge in [-0.15, -0.1) is 4.67 Å². The van der Waals surface area contributed by atoms with E-state index in [-0.39, 0.29) is 23.2 Å². The number of hydrogen-bond donors (Lipinski definition) is 2. The molecule has 2 rings (SSSR count). The second-order valence-corrected chi connectivity index (χ2v) is 7.40. The Morgan fingerprint density at radius 1 is 1.00 bits per heavy atom. The highest BCUT2D eigenvalue weighted by atomic mass is 35.5. The molecular formula is C18H17ClF6NO6P. The van der Waals surface area contributed by atoms with E-state index in [1.54, 1.807) is 0 Å². The van der Waals surface area contributed by atoms with Gasteiger partial charge in [-0.3, -0.25) is 9.69 Å². The van der Waals surface area contributed by atoms with Crippen molar-refractivity contribution in [1.82, 2.24) is 0 Å². The number of anilines is 1. The molecule has 33 heavy (non-hydrogen) atoms. The van der Waals surface area contributed by atoms with Gasteiger partial charge in [-0.25, -0.2) is 9.45 Å². The smallest absolute Gasteiger partial charge is 0.402 e. The molecule has 184 valence electrons. The van der Waals surface area contributed by atoms with Gasteiger partial charge in [0, 0.05) is 10.7 Å². The Labute approximate surface area is 188 Å². The third-order valence-electron chi connectivity index (χ3n) is 3.41. The summed E-state index contributed by atoms with van der Waals surface area (Å²) < 4.78 is 98.1. The number of hydrogen-bond acceptors (Lipinski definition) is 5. The lowest BCUT2D eigenvalue weighted by molar-refractivity contribution is -0.193. The zero-order chi connectivity index (χ0) is 25.6. The lowest BCUT2D eigenvalue weighted by Crippen LogP contribution is -2.16. The molecule has 0 aliphatic carbocycles. The number of carbonyl (C=O) groups is 1. The molecule has 1 amide bonds. The molecule has 0 aromatic heterocycles. The SMILES string of the molecule is CC.COOP(=O)(O)Oc1ccc(Cl)cc1C(=O)Nc1cc(C(F)(F)F)cc(C(F)(F)F)c1. The summed E-state index contributed by atoms with van der Waals surface area (Å²) in [6.07, 6.45) is -10.3. The average molecular weight is 524 g/mol. The van der Waals surface area contributed by atoms with Gasteiger partial charge in [-0.1, -0.05) is 25.4 Å². The van der Waals surface area contributed by atoms with E-state index in [1.807, 2.05) is 19.2 Å². The van der Waals surface area contributed by atoms with Crippen LogP contribution in [-0.2, 0) is 26.5 Å². The van der Waals surface area contributed by atoms with E-state index in [0.29, 0.717) is 0 Å². The van der Waals surface area contributed by atoms with Crippen LogP contribution in [0.4, 0.5) is 32.0 Å². The van der Waals surface area contributed by atoms with Crippen molar-refractivity contribution >= 4 is 31.0 Å². The van der Waals surface area contributed by atoms with E-state index in [0.717, 1.165) is 25.3 Å². The number of phosphoric acid groups is 1. The summed E-state index contributed by atoms with van der Waals surface area (Å²) in [5.41, 5.74) is -4.76. The van der Waals surface area contributed by atoms with Crippen molar-refractivity contribution in [2.75, 3.05) is 12.4 Å². The number of halogens is 7. The number of alkyl halides is 6. The largest absolute Gasteiger partial charge is 0.555 e. The molecule has 2 N–H and O–H groups in total. The van der Waals surface area contributed by atoms with Crippen LogP contribution in [0.15, 0.2) is 36.4 Å². The maximum atomic E-state index is 13.0. The van der Waals surface area contributed by atoms with Crippen molar-refractivity contribution in [3.8, 4) is 5.75 Å². The first-order valence-electron chi connectivity index (χ1n) is 8.77. The summed E-state index contributed by atoms with van der Waals surface area (Å²) in [5, 5.41) is 1.75. The molecule has 0 aliphatic heterocycles. The lowest BCUT2D eigenvalue weighted by Gasteiger charge is -2.16. The molecule has 0 bridgehead atoms. The molecule has 0 heterocycles. The van der Waals surface area contributed by atoms with Gasteiger partial charge in [0.05, 0.1) is 23.8 Å². The Morgan fingerprint density at radius 3 is 1.97 bits per heavy atom. The fourth-order valence-corrected chi connectivity index (χ4v) is 3.02. The molecule has 1 unspecified atom stereocenters. The van der Waals surface area contributed by atoms with Crippen molar-refractivity contribution in [2.24, 2.45) is 0 Å². The number of rotatable bonds is 6. The number of carbonyl (C=O) groups excluding carboxylic acids is 1. The summed E-state index contributed by atoms with van der Waals surface area (Å²) in [5.74, 6) is -1.91. The highest BCUT2D eigenvalue weighted by molar-refractivity contribution is 7.47. The lowest BCUT2D eigenvalue weighted by atomic mass is 10.1. The van der Waals surface area contributed by atoms with E-state index >= 15 is 0 Å². The fourth-order valence-electron chi connectivity index (χ4n) is 2.22. The van der Waals surface area contributed by atoms with Crippen LogP contribution in [0.2, 0.25) is 5.02 Å². The molecular weight excluding hydrogens is 507 g/mol. The van der Waals surface area contributed by atoms with Gasteiger partial charge in [0.2, 0.25) is 0 Å². The molecule has 2 aromatic rings. The van der Waals surface area contributed by atoms with Crippen molar-refractivity contribution < 1.29 is 54.7 Å². The molecule has 0 fully saturated rings. The van der Waals surface area contributed by atoms with Gasteiger partial charge in [0.25, 0.3) is 5.91 Å². The normalized spacial score (nSPS) is 13.4. The number of amides is 1. The Hall–Kier alpha value is -2.31. The summed E-state index contributed by atoms with van der Waals surface area (Å²) in [6.45, 7) is 4.00. The predicted molar refractivity (Wildman–Crippen MR) is 106 cm³/mol. The van der Waals surface area contributed by atoms with Crippen molar-refractivity contribution in [3.05, 3.63) is 58.1 Å². The highest BCUT2D eigenvalue weighted by Gasteiger charge is 2.37. The third-order valence-corrected chi connectivity index (χ3v) is 4.41. The van der Waals surface area contributed by atoms with E-state index in [2.05, 4.69) is 14.1 Å². The predicted octanol–water partition coefficient (Wildman–Crippen LogP) is 6.71. The van der Waals surface area contributed by atoms with Crippen LogP contribution in [0.5, 0.6) is 5.75 Å². The molecule has 7 nitrogen and oxygen atoms in total. The topological polar surface area (TPSA) is 94.1 Å². The third kappa shape index (κ3) is 8.52. The highest BCUT2D eigenvalue weighted by Crippen LogP contribution is 2.45.